The summed E-state index contributed by atoms with van der Waals surface area (Å²) >= 11 is 0. The fourth-order valence-electron chi connectivity index (χ4n) is 7.17. The predicted molar refractivity (Wildman–Crippen MR) is 203 cm³/mol. The molecule has 1 saturated carbocycles. The van der Waals surface area contributed by atoms with Gasteiger partial charge in [-0.25, -0.2) is 0 Å². The average molecular weight is 835 g/mol. The Morgan fingerprint density at radius 1 is 0.796 bits per heavy atom. The van der Waals surface area contributed by atoms with Crippen LogP contribution in [0.5, 0.6) is 0 Å². The zero-order chi connectivity index (χ0) is 33.1. The molecule has 7 aromatic rings. The average Bonchev–Trinajstić information content (AvgIpc) is 3.77. The second-order valence-electron chi connectivity index (χ2n) is 14.1. The van der Waals surface area contributed by atoms with E-state index in [1.165, 1.54) is 53.1 Å². The van der Waals surface area contributed by atoms with Gasteiger partial charge in [0, 0.05) is 37.9 Å². The van der Waals surface area contributed by atoms with Crippen LogP contribution in [-0.4, -0.2) is 18.0 Å². The minimum absolute atomic E-state index is 0. The van der Waals surface area contributed by atoms with Crippen LogP contribution in [-0.2, 0) is 26.5 Å². The van der Waals surface area contributed by atoms with Gasteiger partial charge in [-0.15, -0.1) is 54.1 Å². The van der Waals surface area contributed by atoms with E-state index in [2.05, 4.69) is 129 Å². The summed E-state index contributed by atoms with van der Waals surface area (Å²) in [7, 11) is -1.27. The zero-order valence-electron chi connectivity index (χ0n) is 28.7. The molecule has 1 aliphatic carbocycles. The molecule has 8 rings (SSSR count). The van der Waals surface area contributed by atoms with Gasteiger partial charge in [0.15, 0.2) is 0 Å². The first-order valence-corrected chi connectivity index (χ1v) is 20.7. The Kier molecular flexibility index (Phi) is 10.7. The van der Waals surface area contributed by atoms with Crippen molar-refractivity contribution in [3.8, 4) is 33.6 Å². The van der Waals surface area contributed by atoms with Crippen molar-refractivity contribution in [2.75, 3.05) is 0 Å². The summed E-state index contributed by atoms with van der Waals surface area (Å²) in [4.78, 5) is 9.27. The second-order valence-corrected chi connectivity index (χ2v) is 19.1. The fourth-order valence-corrected chi connectivity index (χ4v) is 8.87. The maximum absolute atomic E-state index is 6.40. The molecule has 1 fully saturated rings. The number of pyridine rings is 2. The van der Waals surface area contributed by atoms with E-state index in [0.29, 0.717) is 0 Å². The largest absolute Gasteiger partial charge is 0.501 e. The van der Waals surface area contributed by atoms with Crippen molar-refractivity contribution in [3.63, 3.8) is 0 Å². The molecule has 249 valence electrons. The Balaban J connectivity index is 0.000000198. The van der Waals surface area contributed by atoms with Crippen molar-refractivity contribution < 1.29 is 24.5 Å². The monoisotopic (exact) mass is 835 g/mol. The van der Waals surface area contributed by atoms with Gasteiger partial charge in [-0.1, -0.05) is 122 Å². The van der Waals surface area contributed by atoms with E-state index in [4.69, 9.17) is 9.40 Å². The van der Waals surface area contributed by atoms with Crippen LogP contribution in [0.15, 0.2) is 120 Å². The van der Waals surface area contributed by atoms with Crippen LogP contribution < -0.4 is 5.19 Å². The number of nitrogens with zero attached hydrogens (tertiary/aromatic N) is 2. The molecule has 5 heteroatoms. The number of hydrogen-bond donors (Lipinski definition) is 0. The summed E-state index contributed by atoms with van der Waals surface area (Å²) in [5, 5.41) is 3.71. The molecule has 1 radical (unpaired) electrons. The van der Waals surface area contributed by atoms with Gasteiger partial charge in [0.1, 0.15) is 5.58 Å². The van der Waals surface area contributed by atoms with E-state index in [0.717, 1.165) is 56.8 Å². The molecule has 0 spiro atoms. The number of aryl methyl sites for hydroxylation is 1. The van der Waals surface area contributed by atoms with Crippen molar-refractivity contribution in [1.82, 2.24) is 9.97 Å². The summed E-state index contributed by atoms with van der Waals surface area (Å²) in [6.45, 7) is 9.24. The van der Waals surface area contributed by atoms with Gasteiger partial charge in [-0.2, -0.15) is 0 Å². The van der Waals surface area contributed by atoms with E-state index in [1.54, 1.807) is 0 Å². The van der Waals surface area contributed by atoms with Crippen LogP contribution >= 0.6 is 0 Å². The number of hydrogen-bond acceptors (Lipinski definition) is 3. The molecule has 0 unspecified atom stereocenters. The molecular formula is C44H42IrN2OSi-2. The normalized spacial score (nSPS) is 13.2. The van der Waals surface area contributed by atoms with Crippen LogP contribution in [0.1, 0.15) is 36.8 Å². The van der Waals surface area contributed by atoms with Crippen LogP contribution in [0.3, 0.4) is 0 Å². The smallest absolute Gasteiger partial charge is 0.121 e. The van der Waals surface area contributed by atoms with Crippen molar-refractivity contribution in [2.24, 2.45) is 5.92 Å². The minimum atomic E-state index is -1.27. The molecule has 49 heavy (non-hydrogen) atoms. The maximum atomic E-state index is 6.40. The molecule has 3 nitrogen and oxygen atoms in total. The molecule has 0 aliphatic heterocycles. The van der Waals surface area contributed by atoms with Gasteiger partial charge in [-0.05, 0) is 59.1 Å². The predicted octanol–water partition coefficient (Wildman–Crippen LogP) is 11.2. The van der Waals surface area contributed by atoms with Crippen molar-refractivity contribution in [3.05, 3.63) is 139 Å². The van der Waals surface area contributed by atoms with Crippen molar-refractivity contribution in [2.45, 2.75) is 58.7 Å². The molecule has 0 amide bonds. The number of rotatable bonds is 6. The van der Waals surface area contributed by atoms with Gasteiger partial charge in [0.2, 0.25) is 0 Å². The standard InChI is InChI=1S/C29H24NO.C15H18NSi.Ir/c1-2-10-22(11-3-1)23-12-7-15-27-28(23)25-14-6-13-24(29(25)31-27)26-19-21(16-17-30-26)18-20-8-4-5-9-20;1-12-10-14(13-8-6-5-7-9-13)16-11-15(12)17(2,3)4;/h1-3,6-7,10-12,14-17,19-20H,4-5,8-9,18H2;5-8,10-11H,1-4H3;/q2*-1;. The van der Waals surface area contributed by atoms with Gasteiger partial charge >= 0.3 is 0 Å². The second kappa shape index (κ2) is 15.2. The van der Waals surface area contributed by atoms with E-state index in [-0.39, 0.29) is 20.1 Å². The molecule has 3 aromatic heterocycles. The Morgan fingerprint density at radius 2 is 1.59 bits per heavy atom. The number of benzene rings is 4. The number of aromatic nitrogens is 2. The summed E-state index contributed by atoms with van der Waals surface area (Å²) in [5.41, 5.74) is 10.9. The topological polar surface area (TPSA) is 38.9 Å². The van der Waals surface area contributed by atoms with Crippen LogP contribution in [0, 0.1) is 25.0 Å². The molecule has 0 saturated heterocycles. The molecule has 1 aliphatic rings. The van der Waals surface area contributed by atoms with Gasteiger partial charge in [0.25, 0.3) is 0 Å². The summed E-state index contributed by atoms with van der Waals surface area (Å²) in [6.07, 6.45) is 10.6. The van der Waals surface area contributed by atoms with E-state index in [1.807, 2.05) is 30.5 Å². The summed E-state index contributed by atoms with van der Waals surface area (Å²) < 4.78 is 6.40. The first kappa shape index (κ1) is 34.7. The summed E-state index contributed by atoms with van der Waals surface area (Å²) in [5.74, 6) is 0.814. The molecule has 3 heterocycles. The molecule has 0 atom stereocenters. The van der Waals surface area contributed by atoms with Crippen molar-refractivity contribution in [1.29, 1.82) is 0 Å². The van der Waals surface area contributed by atoms with E-state index >= 15 is 0 Å². The van der Waals surface area contributed by atoms with E-state index < -0.39 is 8.07 Å². The minimum Gasteiger partial charge on any atom is -0.501 e. The van der Waals surface area contributed by atoms with Gasteiger partial charge < -0.3 is 14.4 Å². The van der Waals surface area contributed by atoms with Gasteiger partial charge in [-0.3, -0.25) is 0 Å². The third kappa shape index (κ3) is 7.70. The van der Waals surface area contributed by atoms with E-state index in [9.17, 15) is 0 Å². The Labute approximate surface area is 305 Å². The number of fused-ring (bicyclic) bond motifs is 3. The maximum Gasteiger partial charge on any atom is 0.121 e. The van der Waals surface area contributed by atoms with Crippen LogP contribution in [0.25, 0.3) is 55.6 Å². The van der Waals surface area contributed by atoms with Crippen LogP contribution in [0.4, 0.5) is 0 Å². The van der Waals surface area contributed by atoms with Crippen LogP contribution in [0.2, 0.25) is 19.6 Å². The Bertz CT molecular complexity index is 2160. The van der Waals surface area contributed by atoms with Crippen molar-refractivity contribution >= 4 is 35.2 Å². The summed E-state index contributed by atoms with van der Waals surface area (Å²) in [6, 6.07) is 42.1. The zero-order valence-corrected chi connectivity index (χ0v) is 32.1. The number of furan rings is 1. The molecule has 0 N–H and O–H groups in total. The Hall–Kier alpha value is -4.15. The quantitative estimate of drug-likeness (QED) is 0.124. The first-order valence-electron chi connectivity index (χ1n) is 17.2. The fraction of sp³-hybridized carbons (Fsp3) is 0.227. The molecular weight excluding hydrogens is 793 g/mol. The molecule has 4 aromatic carbocycles. The molecule has 0 bridgehead atoms. The third-order valence-electron chi connectivity index (χ3n) is 9.53. The Morgan fingerprint density at radius 3 is 2.33 bits per heavy atom. The third-order valence-corrected chi connectivity index (χ3v) is 11.7. The first-order chi connectivity index (χ1) is 23.3. The van der Waals surface area contributed by atoms with Gasteiger partial charge in [0.05, 0.1) is 13.7 Å². The SMILES string of the molecule is Cc1cc(-c2[c-]cccc2)ncc1[Si](C)(C)C.[Ir].[c-]1ccc2c(oc3cccc(-c4ccccc4)c32)c1-c1cc(CC2CCCC2)ccn1.